The molecule has 7 nitrogen and oxygen atoms in total. The van der Waals surface area contributed by atoms with Gasteiger partial charge < -0.3 is 5.32 Å². The van der Waals surface area contributed by atoms with Crippen molar-refractivity contribution in [3.63, 3.8) is 0 Å². The standard InChI is InChI=1S/C13H10F4N4O3/c1-5-9(21(23)24)4-20(19-5)6(2)13(22)18-12-10(16)7(14)3-8(15)11(12)17/h3-4,6H,1-2H3,(H,18,22). The number of carbonyl (C=O) groups is 1. The van der Waals surface area contributed by atoms with Gasteiger partial charge in [0, 0.05) is 6.07 Å². The topological polar surface area (TPSA) is 90.1 Å². The zero-order valence-electron chi connectivity index (χ0n) is 12.3. The summed E-state index contributed by atoms with van der Waals surface area (Å²) in [5, 5.41) is 16.2. The molecular weight excluding hydrogens is 336 g/mol. The van der Waals surface area contributed by atoms with E-state index in [0.29, 0.717) is 0 Å². The van der Waals surface area contributed by atoms with Crippen LogP contribution in [0.3, 0.4) is 0 Å². The molecule has 11 heteroatoms. The highest BCUT2D eigenvalue weighted by molar-refractivity contribution is 5.93. The van der Waals surface area contributed by atoms with Gasteiger partial charge in [-0.2, -0.15) is 5.10 Å². The number of halogens is 4. The van der Waals surface area contributed by atoms with Gasteiger partial charge in [0.2, 0.25) is 5.91 Å². The van der Waals surface area contributed by atoms with Crippen LogP contribution in [0.15, 0.2) is 12.3 Å². The van der Waals surface area contributed by atoms with Crippen LogP contribution < -0.4 is 5.32 Å². The Morgan fingerprint density at radius 1 is 1.29 bits per heavy atom. The summed E-state index contributed by atoms with van der Waals surface area (Å²) in [6.07, 6.45) is 0.957. The first-order valence-electron chi connectivity index (χ1n) is 6.47. The molecule has 0 aliphatic rings. The van der Waals surface area contributed by atoms with Crippen LogP contribution in [-0.2, 0) is 4.79 Å². The van der Waals surface area contributed by atoms with Gasteiger partial charge in [-0.25, -0.2) is 17.6 Å². The molecule has 1 atom stereocenters. The smallest absolute Gasteiger partial charge is 0.309 e. The van der Waals surface area contributed by atoms with Crippen molar-refractivity contribution in [1.29, 1.82) is 0 Å². The maximum Gasteiger partial charge on any atom is 0.309 e. The molecule has 1 heterocycles. The van der Waals surface area contributed by atoms with Crippen molar-refractivity contribution in [3.05, 3.63) is 51.3 Å². The van der Waals surface area contributed by atoms with E-state index < -0.39 is 45.8 Å². The fourth-order valence-electron chi connectivity index (χ4n) is 1.88. The molecule has 0 saturated carbocycles. The second-order valence-corrected chi connectivity index (χ2v) is 4.85. The number of nitro groups is 1. The Hall–Kier alpha value is -2.98. The van der Waals surface area contributed by atoms with Gasteiger partial charge in [0.1, 0.15) is 23.6 Å². The number of benzene rings is 1. The second kappa shape index (κ2) is 6.26. The number of nitrogens with zero attached hydrogens (tertiary/aromatic N) is 3. The lowest BCUT2D eigenvalue weighted by Gasteiger charge is -2.14. The average molecular weight is 346 g/mol. The SMILES string of the molecule is Cc1nn(C(C)C(=O)Nc2c(F)c(F)cc(F)c2F)cc1[N+](=O)[O-]. The maximum absolute atomic E-state index is 13.5. The Labute approximate surface area is 132 Å². The molecule has 0 saturated heterocycles. The van der Waals surface area contributed by atoms with Crippen LogP contribution >= 0.6 is 0 Å². The van der Waals surface area contributed by atoms with Crippen LogP contribution in [0.2, 0.25) is 0 Å². The number of amides is 1. The number of hydrogen-bond donors (Lipinski definition) is 1. The summed E-state index contributed by atoms with van der Waals surface area (Å²) in [5.74, 6) is -7.96. The maximum atomic E-state index is 13.5. The van der Waals surface area contributed by atoms with Gasteiger partial charge >= 0.3 is 5.69 Å². The summed E-state index contributed by atoms with van der Waals surface area (Å²) < 4.78 is 54.2. The zero-order chi connectivity index (χ0) is 18.2. The van der Waals surface area contributed by atoms with Crippen molar-refractivity contribution < 1.29 is 27.3 Å². The molecule has 2 rings (SSSR count). The van der Waals surface area contributed by atoms with Crippen molar-refractivity contribution in [2.45, 2.75) is 19.9 Å². The number of aryl methyl sites for hydroxylation is 1. The lowest BCUT2D eigenvalue weighted by molar-refractivity contribution is -0.385. The predicted molar refractivity (Wildman–Crippen MR) is 73.2 cm³/mol. The molecule has 0 spiro atoms. The molecule has 0 fully saturated rings. The first kappa shape index (κ1) is 17.4. The van der Waals surface area contributed by atoms with Crippen LogP contribution in [-0.4, -0.2) is 20.6 Å². The first-order valence-corrected chi connectivity index (χ1v) is 6.47. The van der Waals surface area contributed by atoms with Gasteiger partial charge in [0.25, 0.3) is 0 Å². The van der Waals surface area contributed by atoms with Gasteiger partial charge in [-0.3, -0.25) is 19.6 Å². The summed E-state index contributed by atoms with van der Waals surface area (Å²) in [6.45, 7) is 2.57. The molecule has 1 amide bonds. The quantitative estimate of drug-likeness (QED) is 0.399. The number of carbonyl (C=O) groups excluding carboxylic acids is 1. The van der Waals surface area contributed by atoms with Crippen molar-refractivity contribution >= 4 is 17.3 Å². The van der Waals surface area contributed by atoms with E-state index in [9.17, 15) is 32.5 Å². The summed E-state index contributed by atoms with van der Waals surface area (Å²) in [6, 6.07) is -1.23. The lowest BCUT2D eigenvalue weighted by Crippen LogP contribution is -2.25. The Morgan fingerprint density at radius 2 is 1.83 bits per heavy atom. The van der Waals surface area contributed by atoms with Crippen molar-refractivity contribution in [2.24, 2.45) is 0 Å². The molecule has 1 unspecified atom stereocenters. The van der Waals surface area contributed by atoms with Gasteiger partial charge in [-0.15, -0.1) is 0 Å². The van der Waals surface area contributed by atoms with E-state index in [1.165, 1.54) is 13.8 Å². The molecule has 0 bridgehead atoms. The molecule has 2 aromatic rings. The normalized spacial score (nSPS) is 12.1. The van der Waals surface area contributed by atoms with Crippen LogP contribution in [0.5, 0.6) is 0 Å². The molecule has 1 N–H and O–H groups in total. The molecule has 24 heavy (non-hydrogen) atoms. The zero-order valence-corrected chi connectivity index (χ0v) is 12.3. The van der Waals surface area contributed by atoms with E-state index in [1.807, 2.05) is 0 Å². The minimum atomic E-state index is -1.77. The highest BCUT2D eigenvalue weighted by Gasteiger charge is 2.26. The Bertz CT molecular complexity index is 811. The van der Waals surface area contributed by atoms with E-state index in [1.54, 1.807) is 5.32 Å². The number of nitrogens with one attached hydrogen (secondary N) is 1. The molecule has 1 aromatic carbocycles. The Morgan fingerprint density at radius 3 is 2.29 bits per heavy atom. The second-order valence-electron chi connectivity index (χ2n) is 4.85. The molecular formula is C13H10F4N4O3. The average Bonchev–Trinajstić information content (AvgIpc) is 2.90. The number of aromatic nitrogens is 2. The Balaban J connectivity index is 2.31. The van der Waals surface area contributed by atoms with Gasteiger partial charge in [0.15, 0.2) is 23.3 Å². The molecule has 128 valence electrons. The van der Waals surface area contributed by atoms with Crippen LogP contribution in [0.1, 0.15) is 18.7 Å². The monoisotopic (exact) mass is 346 g/mol. The first-order chi connectivity index (χ1) is 11.1. The van der Waals surface area contributed by atoms with Crippen LogP contribution in [0, 0.1) is 40.3 Å². The number of anilines is 1. The fourth-order valence-corrected chi connectivity index (χ4v) is 1.88. The van der Waals surface area contributed by atoms with E-state index in [0.717, 1.165) is 10.9 Å². The van der Waals surface area contributed by atoms with Crippen LogP contribution in [0.25, 0.3) is 0 Å². The Kier molecular flexibility index (Phi) is 4.53. The fraction of sp³-hybridized carbons (Fsp3) is 0.231. The largest absolute Gasteiger partial charge is 0.319 e. The van der Waals surface area contributed by atoms with Gasteiger partial charge in [0.05, 0.1) is 4.92 Å². The number of rotatable bonds is 4. The van der Waals surface area contributed by atoms with Crippen molar-refractivity contribution in [2.75, 3.05) is 5.32 Å². The van der Waals surface area contributed by atoms with E-state index in [-0.39, 0.29) is 17.4 Å². The minimum absolute atomic E-state index is 0.00394. The van der Waals surface area contributed by atoms with Crippen LogP contribution in [0.4, 0.5) is 28.9 Å². The molecule has 1 aromatic heterocycles. The highest BCUT2D eigenvalue weighted by atomic mass is 19.2. The molecule has 0 aliphatic heterocycles. The number of hydrogen-bond acceptors (Lipinski definition) is 4. The highest BCUT2D eigenvalue weighted by Crippen LogP contribution is 2.25. The summed E-state index contributed by atoms with van der Waals surface area (Å²) >= 11 is 0. The van der Waals surface area contributed by atoms with E-state index in [4.69, 9.17) is 0 Å². The lowest BCUT2D eigenvalue weighted by atomic mass is 10.2. The molecule has 0 radical (unpaired) electrons. The predicted octanol–water partition coefficient (Wildman–Crippen LogP) is 2.86. The molecule has 0 aliphatic carbocycles. The third-order valence-electron chi connectivity index (χ3n) is 3.22. The van der Waals surface area contributed by atoms with Gasteiger partial charge in [-0.05, 0) is 13.8 Å². The van der Waals surface area contributed by atoms with Crippen molar-refractivity contribution in [3.8, 4) is 0 Å². The van der Waals surface area contributed by atoms with E-state index >= 15 is 0 Å². The van der Waals surface area contributed by atoms with Crippen molar-refractivity contribution in [1.82, 2.24) is 9.78 Å². The van der Waals surface area contributed by atoms with E-state index in [2.05, 4.69) is 5.10 Å². The summed E-state index contributed by atoms with van der Waals surface area (Å²) in [4.78, 5) is 22.0. The third kappa shape index (κ3) is 3.05. The summed E-state index contributed by atoms with van der Waals surface area (Å²) in [7, 11) is 0. The third-order valence-corrected chi connectivity index (χ3v) is 3.22. The summed E-state index contributed by atoms with van der Waals surface area (Å²) in [5.41, 5.74) is -1.62. The van der Waals surface area contributed by atoms with Gasteiger partial charge in [-0.1, -0.05) is 0 Å². The minimum Gasteiger partial charge on any atom is -0.319 e.